The van der Waals surface area contributed by atoms with E-state index in [9.17, 15) is 8.42 Å². The highest BCUT2D eigenvalue weighted by Gasteiger charge is 2.18. The second-order valence-electron chi connectivity index (χ2n) is 8.22. The standard InChI is InChI=1S/C26H27N5O2S/c1-17-14-19(3)24(15-18(17)2)34(32,33)31-23-12-10-22(11-13-23)29-26-27-20(4)16-25(30-26)28-21-8-6-5-7-9-21/h5-16,31H,1-4H3,(H2,27,28,29,30). The van der Waals surface area contributed by atoms with E-state index in [4.69, 9.17) is 0 Å². The van der Waals surface area contributed by atoms with Crippen LogP contribution in [0.1, 0.15) is 22.4 Å². The number of hydrogen-bond acceptors (Lipinski definition) is 6. The molecule has 4 aromatic rings. The Bertz CT molecular complexity index is 1420. The Morgan fingerprint density at radius 2 is 1.26 bits per heavy atom. The first-order chi connectivity index (χ1) is 16.2. The number of nitrogens with one attached hydrogen (secondary N) is 3. The fourth-order valence-corrected chi connectivity index (χ4v) is 4.91. The van der Waals surface area contributed by atoms with Gasteiger partial charge in [0.2, 0.25) is 5.95 Å². The van der Waals surface area contributed by atoms with Crippen molar-refractivity contribution in [3.8, 4) is 0 Å². The van der Waals surface area contributed by atoms with Crippen LogP contribution in [0.4, 0.5) is 28.8 Å². The van der Waals surface area contributed by atoms with Crippen LogP contribution < -0.4 is 15.4 Å². The molecule has 0 atom stereocenters. The monoisotopic (exact) mass is 473 g/mol. The van der Waals surface area contributed by atoms with E-state index in [1.807, 2.05) is 63.2 Å². The molecule has 174 valence electrons. The molecule has 0 fully saturated rings. The first kappa shape index (κ1) is 23.3. The van der Waals surface area contributed by atoms with Crippen molar-refractivity contribution in [2.45, 2.75) is 32.6 Å². The largest absolute Gasteiger partial charge is 0.340 e. The predicted octanol–water partition coefficient (Wildman–Crippen LogP) is 6.00. The molecule has 3 N–H and O–H groups in total. The molecule has 0 bridgehead atoms. The Balaban J connectivity index is 1.49. The van der Waals surface area contributed by atoms with Crippen LogP contribution in [0, 0.1) is 27.7 Å². The molecule has 34 heavy (non-hydrogen) atoms. The van der Waals surface area contributed by atoms with Crippen LogP contribution in [0.5, 0.6) is 0 Å². The van der Waals surface area contributed by atoms with E-state index in [0.29, 0.717) is 23.0 Å². The van der Waals surface area contributed by atoms with Gasteiger partial charge >= 0.3 is 0 Å². The first-order valence-corrected chi connectivity index (χ1v) is 12.3. The van der Waals surface area contributed by atoms with Crippen molar-refractivity contribution in [1.29, 1.82) is 0 Å². The smallest absolute Gasteiger partial charge is 0.262 e. The second-order valence-corrected chi connectivity index (χ2v) is 9.87. The van der Waals surface area contributed by atoms with Crippen LogP contribution in [-0.2, 0) is 10.0 Å². The number of rotatable bonds is 7. The highest BCUT2D eigenvalue weighted by Crippen LogP contribution is 2.25. The molecule has 0 saturated carbocycles. The maximum absolute atomic E-state index is 12.9. The van der Waals surface area contributed by atoms with Crippen LogP contribution in [0.2, 0.25) is 0 Å². The average molecular weight is 474 g/mol. The summed E-state index contributed by atoms with van der Waals surface area (Å²) in [6, 6.07) is 22.2. The Kier molecular flexibility index (Phi) is 6.51. The van der Waals surface area contributed by atoms with Gasteiger partial charge in [-0.1, -0.05) is 24.3 Å². The van der Waals surface area contributed by atoms with Gasteiger partial charge in [-0.3, -0.25) is 4.72 Å². The number of sulfonamides is 1. The maximum Gasteiger partial charge on any atom is 0.262 e. The number of benzene rings is 3. The summed E-state index contributed by atoms with van der Waals surface area (Å²) in [5.41, 5.74) is 5.66. The molecule has 7 nitrogen and oxygen atoms in total. The van der Waals surface area contributed by atoms with Crippen molar-refractivity contribution in [3.05, 3.63) is 95.2 Å². The van der Waals surface area contributed by atoms with Gasteiger partial charge in [-0.15, -0.1) is 0 Å². The summed E-state index contributed by atoms with van der Waals surface area (Å²) < 4.78 is 28.5. The summed E-state index contributed by atoms with van der Waals surface area (Å²) in [5, 5.41) is 6.44. The van der Waals surface area contributed by atoms with Crippen molar-refractivity contribution in [3.63, 3.8) is 0 Å². The van der Waals surface area contributed by atoms with E-state index in [0.717, 1.165) is 28.2 Å². The van der Waals surface area contributed by atoms with Gasteiger partial charge in [-0.25, -0.2) is 13.4 Å². The zero-order valence-corrected chi connectivity index (χ0v) is 20.4. The van der Waals surface area contributed by atoms with Crippen molar-refractivity contribution in [2.24, 2.45) is 0 Å². The van der Waals surface area contributed by atoms with E-state index in [2.05, 4.69) is 25.3 Å². The summed E-state index contributed by atoms with van der Waals surface area (Å²) >= 11 is 0. The lowest BCUT2D eigenvalue weighted by Gasteiger charge is -2.13. The van der Waals surface area contributed by atoms with Gasteiger partial charge in [0, 0.05) is 28.8 Å². The highest BCUT2D eigenvalue weighted by molar-refractivity contribution is 7.92. The van der Waals surface area contributed by atoms with E-state index < -0.39 is 10.0 Å². The number of aromatic nitrogens is 2. The Morgan fingerprint density at radius 1 is 0.647 bits per heavy atom. The molecule has 0 saturated heterocycles. The average Bonchev–Trinajstić information content (AvgIpc) is 2.77. The van der Waals surface area contributed by atoms with Crippen LogP contribution in [-0.4, -0.2) is 18.4 Å². The minimum atomic E-state index is -3.70. The molecule has 3 aromatic carbocycles. The van der Waals surface area contributed by atoms with E-state index in [1.165, 1.54) is 0 Å². The fraction of sp³-hybridized carbons (Fsp3) is 0.154. The van der Waals surface area contributed by atoms with Gasteiger partial charge in [0.15, 0.2) is 0 Å². The molecule has 0 radical (unpaired) electrons. The van der Waals surface area contributed by atoms with Crippen LogP contribution in [0.3, 0.4) is 0 Å². The molecule has 0 aliphatic rings. The predicted molar refractivity (Wildman–Crippen MR) is 138 cm³/mol. The van der Waals surface area contributed by atoms with E-state index in [-0.39, 0.29) is 4.90 Å². The zero-order chi connectivity index (χ0) is 24.3. The summed E-state index contributed by atoms with van der Waals surface area (Å²) in [7, 11) is -3.70. The molecule has 0 amide bonds. The second kappa shape index (κ2) is 9.52. The van der Waals surface area contributed by atoms with E-state index in [1.54, 1.807) is 37.3 Å². The molecule has 0 aliphatic carbocycles. The van der Waals surface area contributed by atoms with Gasteiger partial charge in [0.05, 0.1) is 4.90 Å². The lowest BCUT2D eigenvalue weighted by Crippen LogP contribution is -2.14. The number of nitrogens with zero attached hydrogens (tertiary/aromatic N) is 2. The molecular weight excluding hydrogens is 446 g/mol. The lowest BCUT2D eigenvalue weighted by molar-refractivity contribution is 0.600. The molecule has 8 heteroatoms. The van der Waals surface area contributed by atoms with Crippen molar-refractivity contribution in [2.75, 3.05) is 15.4 Å². The quantitative estimate of drug-likeness (QED) is 0.305. The first-order valence-electron chi connectivity index (χ1n) is 10.9. The lowest BCUT2D eigenvalue weighted by atomic mass is 10.1. The molecule has 0 unspecified atom stereocenters. The zero-order valence-electron chi connectivity index (χ0n) is 19.5. The number of para-hydroxylation sites is 1. The summed E-state index contributed by atoms with van der Waals surface area (Å²) in [6.07, 6.45) is 0. The van der Waals surface area contributed by atoms with Crippen LogP contribution >= 0.6 is 0 Å². The number of anilines is 5. The third kappa shape index (κ3) is 5.52. The Hall–Kier alpha value is -3.91. The maximum atomic E-state index is 12.9. The van der Waals surface area contributed by atoms with Crippen molar-refractivity contribution >= 4 is 38.9 Å². The minimum absolute atomic E-state index is 0.282. The molecular formula is C26H27N5O2S. The molecule has 0 spiro atoms. The summed E-state index contributed by atoms with van der Waals surface area (Å²) in [4.78, 5) is 9.25. The van der Waals surface area contributed by atoms with Crippen molar-refractivity contribution < 1.29 is 8.42 Å². The minimum Gasteiger partial charge on any atom is -0.340 e. The van der Waals surface area contributed by atoms with Gasteiger partial charge in [0.25, 0.3) is 10.0 Å². The van der Waals surface area contributed by atoms with Crippen LogP contribution in [0.25, 0.3) is 0 Å². The van der Waals surface area contributed by atoms with Gasteiger partial charge in [0.1, 0.15) is 5.82 Å². The molecule has 1 aromatic heterocycles. The molecule has 4 rings (SSSR count). The topological polar surface area (TPSA) is 96.0 Å². The third-order valence-corrected chi connectivity index (χ3v) is 6.90. The highest BCUT2D eigenvalue weighted by atomic mass is 32.2. The summed E-state index contributed by atoms with van der Waals surface area (Å²) in [6.45, 7) is 7.57. The van der Waals surface area contributed by atoms with Crippen LogP contribution in [0.15, 0.2) is 77.7 Å². The fourth-order valence-electron chi connectivity index (χ4n) is 3.54. The number of aryl methyl sites for hydroxylation is 4. The summed E-state index contributed by atoms with van der Waals surface area (Å²) in [5.74, 6) is 1.12. The van der Waals surface area contributed by atoms with Gasteiger partial charge in [-0.2, -0.15) is 4.98 Å². The molecule has 1 heterocycles. The van der Waals surface area contributed by atoms with E-state index >= 15 is 0 Å². The van der Waals surface area contributed by atoms with Crippen molar-refractivity contribution in [1.82, 2.24) is 9.97 Å². The normalized spacial score (nSPS) is 11.2. The van der Waals surface area contributed by atoms with Gasteiger partial charge < -0.3 is 10.6 Å². The Labute approximate surface area is 200 Å². The Morgan fingerprint density at radius 3 is 1.97 bits per heavy atom. The van der Waals surface area contributed by atoms with Gasteiger partial charge in [-0.05, 0) is 86.8 Å². The SMILES string of the molecule is Cc1cc(Nc2ccccc2)nc(Nc2ccc(NS(=O)(=O)c3cc(C)c(C)cc3C)cc2)n1. The third-order valence-electron chi connectivity index (χ3n) is 5.37. The molecule has 0 aliphatic heterocycles. The number of hydrogen-bond donors (Lipinski definition) is 3.